The largest absolute Gasteiger partial charge is 0.310 e. The number of rotatable bonds is 9. The SMILES string of the molecule is c1ccc2c(-c3ccc(N(c4ccc(-c5ccc(N(c6ccc(-c7cccc8ccccc78)cc6)c6cccc7ccccc67)cc5)cc4)c4cccc5ccccc45)cc3)cccc2c1. The van der Waals surface area contributed by atoms with Crippen LogP contribution in [0.5, 0.6) is 0 Å². The van der Waals surface area contributed by atoms with Gasteiger partial charge in [-0.3, -0.25) is 0 Å². The van der Waals surface area contributed by atoms with E-state index < -0.39 is 0 Å². The third-order valence-corrected chi connectivity index (χ3v) is 13.1. The van der Waals surface area contributed by atoms with Gasteiger partial charge in [-0.2, -0.15) is 0 Å². The molecule has 0 bridgehead atoms. The smallest absolute Gasteiger partial charge is 0.0540 e. The highest BCUT2D eigenvalue weighted by molar-refractivity contribution is 6.02. The first-order valence-electron chi connectivity index (χ1n) is 22.7. The van der Waals surface area contributed by atoms with Gasteiger partial charge in [0.2, 0.25) is 0 Å². The second kappa shape index (κ2) is 16.8. The van der Waals surface area contributed by atoms with E-state index in [0.29, 0.717) is 0 Å². The number of hydrogen-bond donors (Lipinski definition) is 0. The van der Waals surface area contributed by atoms with E-state index >= 15 is 0 Å². The maximum atomic E-state index is 2.38. The topological polar surface area (TPSA) is 6.48 Å². The van der Waals surface area contributed by atoms with Crippen LogP contribution in [-0.2, 0) is 0 Å². The summed E-state index contributed by atoms with van der Waals surface area (Å²) in [7, 11) is 0. The minimum Gasteiger partial charge on any atom is -0.310 e. The molecule has 0 spiro atoms. The molecule has 0 saturated heterocycles. The summed E-state index contributed by atoms with van der Waals surface area (Å²) in [6.45, 7) is 0. The van der Waals surface area contributed by atoms with Gasteiger partial charge in [0.1, 0.15) is 0 Å². The minimum absolute atomic E-state index is 1.10. The number of anilines is 6. The van der Waals surface area contributed by atoms with Crippen molar-refractivity contribution in [1.82, 2.24) is 0 Å². The highest BCUT2D eigenvalue weighted by atomic mass is 15.1. The summed E-state index contributed by atoms with van der Waals surface area (Å²) >= 11 is 0. The van der Waals surface area contributed by atoms with Crippen LogP contribution in [0.1, 0.15) is 0 Å². The molecular weight excluding hydrogens is 797 g/mol. The van der Waals surface area contributed by atoms with E-state index in [-0.39, 0.29) is 0 Å². The van der Waals surface area contributed by atoms with Gasteiger partial charge in [0, 0.05) is 33.5 Å². The molecule has 12 aromatic rings. The average molecular weight is 841 g/mol. The lowest BCUT2D eigenvalue weighted by atomic mass is 9.97. The molecule has 0 aliphatic rings. The van der Waals surface area contributed by atoms with Crippen LogP contribution >= 0.6 is 0 Å². The molecule has 2 nitrogen and oxygen atoms in total. The number of benzene rings is 12. The molecule has 0 aliphatic heterocycles. The third-order valence-electron chi connectivity index (χ3n) is 13.1. The fourth-order valence-electron chi connectivity index (χ4n) is 9.80. The molecule has 66 heavy (non-hydrogen) atoms. The van der Waals surface area contributed by atoms with E-state index in [0.717, 1.165) is 45.3 Å². The fourth-order valence-corrected chi connectivity index (χ4v) is 9.80. The summed E-state index contributed by atoms with van der Waals surface area (Å²) in [6, 6.07) is 96.9. The Morgan fingerprint density at radius 2 is 0.439 bits per heavy atom. The zero-order valence-electron chi connectivity index (χ0n) is 36.3. The Morgan fingerprint density at radius 1 is 0.182 bits per heavy atom. The van der Waals surface area contributed by atoms with Gasteiger partial charge in [-0.05, 0) is 126 Å². The zero-order chi connectivity index (χ0) is 43.8. The summed E-state index contributed by atoms with van der Waals surface area (Å²) < 4.78 is 0. The first kappa shape index (κ1) is 38.9. The Balaban J connectivity index is 0.897. The molecular formula is C64H44N2. The average Bonchev–Trinajstić information content (AvgIpc) is 3.39. The van der Waals surface area contributed by atoms with Crippen molar-refractivity contribution in [2.24, 2.45) is 0 Å². The van der Waals surface area contributed by atoms with Gasteiger partial charge in [-0.1, -0.05) is 206 Å². The van der Waals surface area contributed by atoms with Crippen LogP contribution < -0.4 is 9.80 Å². The van der Waals surface area contributed by atoms with Crippen LogP contribution in [0.25, 0.3) is 76.5 Å². The van der Waals surface area contributed by atoms with Crippen molar-refractivity contribution in [2.75, 3.05) is 9.80 Å². The first-order chi connectivity index (χ1) is 32.7. The van der Waals surface area contributed by atoms with Crippen molar-refractivity contribution < 1.29 is 0 Å². The Labute approximate surface area is 385 Å². The quantitative estimate of drug-likeness (QED) is 0.143. The molecule has 310 valence electrons. The second-order valence-corrected chi connectivity index (χ2v) is 16.9. The summed E-state index contributed by atoms with van der Waals surface area (Å²) in [4.78, 5) is 4.77. The van der Waals surface area contributed by atoms with Crippen molar-refractivity contribution in [1.29, 1.82) is 0 Å². The molecule has 0 N–H and O–H groups in total. The van der Waals surface area contributed by atoms with Gasteiger partial charge in [0.15, 0.2) is 0 Å². The maximum absolute atomic E-state index is 2.38. The van der Waals surface area contributed by atoms with Crippen molar-refractivity contribution in [3.05, 3.63) is 267 Å². The number of hydrogen-bond acceptors (Lipinski definition) is 2. The van der Waals surface area contributed by atoms with Gasteiger partial charge in [-0.25, -0.2) is 0 Å². The van der Waals surface area contributed by atoms with Crippen LogP contribution in [-0.4, -0.2) is 0 Å². The minimum atomic E-state index is 1.10. The van der Waals surface area contributed by atoms with Crippen LogP contribution in [0.3, 0.4) is 0 Å². The number of nitrogens with zero attached hydrogens (tertiary/aromatic N) is 2. The van der Waals surface area contributed by atoms with E-state index in [1.165, 1.54) is 65.3 Å². The standard InChI is InChI=1S/C64H44N2/c1-5-21-57-47(13-1)17-9-25-59(57)51-33-41-55(42-34-51)65(63-27-11-19-49-15-3-7-23-61(49)63)53-37-29-45(30-38-53)46-31-39-54(40-32-46)66(64-28-12-20-50-16-4-8-24-62(50)64)56-43-35-52(36-44-56)60-26-10-18-48-14-2-6-22-58(48)60/h1-44H. The van der Waals surface area contributed by atoms with Gasteiger partial charge >= 0.3 is 0 Å². The molecule has 0 aliphatic carbocycles. The highest BCUT2D eigenvalue weighted by Crippen LogP contribution is 2.43. The van der Waals surface area contributed by atoms with Crippen LogP contribution in [0.4, 0.5) is 34.1 Å². The molecule has 12 aromatic carbocycles. The molecule has 0 radical (unpaired) electrons. The van der Waals surface area contributed by atoms with E-state index in [1.54, 1.807) is 0 Å². The van der Waals surface area contributed by atoms with Crippen molar-refractivity contribution in [3.8, 4) is 33.4 Å². The van der Waals surface area contributed by atoms with Crippen molar-refractivity contribution in [3.63, 3.8) is 0 Å². The lowest BCUT2D eigenvalue weighted by Crippen LogP contribution is -2.10. The normalized spacial score (nSPS) is 11.3. The maximum Gasteiger partial charge on any atom is 0.0540 e. The molecule has 0 saturated carbocycles. The lowest BCUT2D eigenvalue weighted by molar-refractivity contribution is 1.29. The summed E-state index contributed by atoms with van der Waals surface area (Å²) in [5, 5.41) is 9.84. The Bertz CT molecular complexity index is 3420. The predicted molar refractivity (Wildman–Crippen MR) is 282 cm³/mol. The molecule has 12 rings (SSSR count). The summed E-state index contributed by atoms with van der Waals surface area (Å²) in [5.74, 6) is 0. The second-order valence-electron chi connectivity index (χ2n) is 16.9. The van der Waals surface area contributed by atoms with Crippen molar-refractivity contribution in [2.45, 2.75) is 0 Å². The third kappa shape index (κ3) is 7.12. The van der Waals surface area contributed by atoms with E-state index in [9.17, 15) is 0 Å². The molecule has 0 aromatic heterocycles. The molecule has 0 heterocycles. The summed E-state index contributed by atoms with van der Waals surface area (Å²) in [6.07, 6.45) is 0. The number of fused-ring (bicyclic) bond motifs is 4. The molecule has 0 fully saturated rings. The Kier molecular flexibility index (Phi) is 9.89. The highest BCUT2D eigenvalue weighted by Gasteiger charge is 2.19. The fraction of sp³-hybridized carbons (Fsp3) is 0. The Morgan fingerprint density at radius 3 is 0.788 bits per heavy atom. The molecule has 2 heteroatoms. The van der Waals surface area contributed by atoms with Crippen LogP contribution in [0, 0.1) is 0 Å². The van der Waals surface area contributed by atoms with Gasteiger partial charge < -0.3 is 9.80 Å². The van der Waals surface area contributed by atoms with Gasteiger partial charge in [0.05, 0.1) is 11.4 Å². The lowest BCUT2D eigenvalue weighted by Gasteiger charge is -2.28. The molecule has 0 unspecified atom stereocenters. The van der Waals surface area contributed by atoms with Crippen molar-refractivity contribution >= 4 is 77.2 Å². The van der Waals surface area contributed by atoms with Gasteiger partial charge in [0.25, 0.3) is 0 Å². The summed E-state index contributed by atoms with van der Waals surface area (Å²) in [5.41, 5.74) is 13.9. The van der Waals surface area contributed by atoms with E-state index in [4.69, 9.17) is 0 Å². The zero-order valence-corrected chi connectivity index (χ0v) is 36.3. The Hall–Kier alpha value is -8.72. The van der Waals surface area contributed by atoms with Gasteiger partial charge in [-0.15, -0.1) is 0 Å². The predicted octanol–water partition coefficient (Wildman–Crippen LogP) is 18.2. The van der Waals surface area contributed by atoms with E-state index in [2.05, 4.69) is 277 Å². The van der Waals surface area contributed by atoms with Crippen LogP contribution in [0.2, 0.25) is 0 Å². The molecule has 0 atom stereocenters. The monoisotopic (exact) mass is 840 g/mol. The molecule has 0 amide bonds. The first-order valence-corrected chi connectivity index (χ1v) is 22.7. The van der Waals surface area contributed by atoms with Crippen LogP contribution in [0.15, 0.2) is 267 Å². The van der Waals surface area contributed by atoms with E-state index in [1.807, 2.05) is 0 Å².